The van der Waals surface area contributed by atoms with Crippen molar-refractivity contribution in [3.8, 4) is 0 Å². The molecule has 2 aromatic rings. The fourth-order valence-electron chi connectivity index (χ4n) is 3.75. The number of benzene rings is 1. The molecule has 4 rings (SSSR count). The largest absolute Gasteiger partial charge is 0.386 e. The molecule has 2 heterocycles. The number of halogens is 2. The van der Waals surface area contributed by atoms with Crippen LogP contribution in [0.4, 0.5) is 10.1 Å². The predicted molar refractivity (Wildman–Crippen MR) is 130 cm³/mol. The minimum absolute atomic E-state index is 0.0352. The van der Waals surface area contributed by atoms with E-state index >= 15 is 4.39 Å². The van der Waals surface area contributed by atoms with Crippen LogP contribution in [0, 0.1) is 11.7 Å². The van der Waals surface area contributed by atoms with Gasteiger partial charge in [0.15, 0.2) is 0 Å². The third-order valence-corrected chi connectivity index (χ3v) is 9.81. The second-order valence-corrected chi connectivity index (χ2v) is 12.6. The Kier molecular flexibility index (Phi) is 5.99. The lowest BCUT2D eigenvalue weighted by Gasteiger charge is -2.40. The Balaban J connectivity index is 1.69. The summed E-state index contributed by atoms with van der Waals surface area (Å²) in [5, 5.41) is 3.12. The van der Waals surface area contributed by atoms with E-state index in [2.05, 4.69) is 19.7 Å². The molecule has 1 aliphatic heterocycles. The lowest BCUT2D eigenvalue weighted by atomic mass is 9.92. The molecule has 2 aliphatic rings. The molecule has 0 saturated heterocycles. The molecule has 1 saturated carbocycles. The van der Waals surface area contributed by atoms with Crippen molar-refractivity contribution in [3.05, 3.63) is 58.6 Å². The zero-order chi connectivity index (χ0) is 24.0. The molecule has 7 nitrogen and oxygen atoms in total. The molecule has 1 unspecified atom stereocenters. The van der Waals surface area contributed by atoms with Crippen LogP contribution in [0.2, 0.25) is 5.02 Å². The number of amidine groups is 1. The minimum Gasteiger partial charge on any atom is -0.386 e. The molecule has 3 N–H and O–H groups in total. The number of anilines is 1. The van der Waals surface area contributed by atoms with Crippen LogP contribution in [0.5, 0.6) is 0 Å². The Labute approximate surface area is 198 Å². The summed E-state index contributed by atoms with van der Waals surface area (Å²) in [6, 6.07) is 7.25. The Bertz CT molecular complexity index is 1250. The highest BCUT2D eigenvalue weighted by atomic mass is 35.5. The maximum atomic E-state index is 15.0. The number of hydrogen-bond acceptors (Lipinski definition) is 6. The van der Waals surface area contributed by atoms with Gasteiger partial charge in [-0.2, -0.15) is 0 Å². The van der Waals surface area contributed by atoms with Crippen molar-refractivity contribution in [2.45, 2.75) is 43.9 Å². The highest BCUT2D eigenvalue weighted by Crippen LogP contribution is 2.40. The molecule has 2 atom stereocenters. The van der Waals surface area contributed by atoms with Gasteiger partial charge in [0.25, 0.3) is 5.91 Å². The monoisotopic (exact) mass is 491 g/mol. The van der Waals surface area contributed by atoms with Crippen molar-refractivity contribution in [3.63, 3.8) is 0 Å². The van der Waals surface area contributed by atoms with E-state index in [1.165, 1.54) is 30.5 Å². The highest BCUT2D eigenvalue weighted by molar-refractivity contribution is 7.95. The van der Waals surface area contributed by atoms with E-state index in [0.717, 1.165) is 12.8 Å². The van der Waals surface area contributed by atoms with Crippen LogP contribution in [0.3, 0.4) is 0 Å². The van der Waals surface area contributed by atoms with E-state index in [9.17, 15) is 9.00 Å². The van der Waals surface area contributed by atoms with Crippen LogP contribution >= 0.6 is 11.6 Å². The second kappa shape index (κ2) is 8.36. The summed E-state index contributed by atoms with van der Waals surface area (Å²) in [4.78, 5) is 21.1. The molecule has 1 aliphatic carbocycles. The van der Waals surface area contributed by atoms with E-state index in [0.29, 0.717) is 23.2 Å². The van der Waals surface area contributed by atoms with Crippen molar-refractivity contribution < 1.29 is 13.4 Å². The zero-order valence-electron chi connectivity index (χ0n) is 18.8. The van der Waals surface area contributed by atoms with Crippen molar-refractivity contribution in [1.29, 1.82) is 0 Å². The van der Waals surface area contributed by atoms with E-state index in [4.69, 9.17) is 17.3 Å². The van der Waals surface area contributed by atoms with E-state index < -0.39 is 31.7 Å². The van der Waals surface area contributed by atoms with Crippen molar-refractivity contribution >= 4 is 38.8 Å². The van der Waals surface area contributed by atoms with Gasteiger partial charge in [0, 0.05) is 17.4 Å². The first kappa shape index (κ1) is 23.6. The molecule has 33 heavy (non-hydrogen) atoms. The van der Waals surface area contributed by atoms with Crippen LogP contribution < -0.4 is 11.1 Å². The number of nitrogens with one attached hydrogen (secondary N) is 1. The molecule has 1 aromatic heterocycles. The first-order valence-electron chi connectivity index (χ1n) is 10.7. The van der Waals surface area contributed by atoms with E-state index in [1.54, 1.807) is 26.8 Å². The summed E-state index contributed by atoms with van der Waals surface area (Å²) < 4.78 is 32.7. The predicted octanol–water partition coefficient (Wildman–Crippen LogP) is 4.37. The van der Waals surface area contributed by atoms with Crippen LogP contribution in [-0.2, 0) is 15.3 Å². The molecule has 0 spiro atoms. The molecule has 0 bridgehead atoms. The van der Waals surface area contributed by atoms with Gasteiger partial charge < -0.3 is 11.1 Å². The average molecular weight is 492 g/mol. The topological polar surface area (TPSA) is 110 Å². The van der Waals surface area contributed by atoms with Crippen LogP contribution in [-0.4, -0.2) is 38.0 Å². The SMILES string of the molecule is CC1(C)C(N)=N[C@](C)(c2cc(NC(=O)c3ccc(Cl)cn3)ccc2F)CS1(=O)=NCC1CC1. The normalized spacial score (nSPS) is 26.4. The fourth-order valence-corrected chi connectivity index (χ4v) is 6.44. The summed E-state index contributed by atoms with van der Waals surface area (Å²) in [5.74, 6) is -0.319. The first-order chi connectivity index (χ1) is 15.4. The molecule has 0 radical (unpaired) electrons. The average Bonchev–Trinajstić information content (AvgIpc) is 3.57. The van der Waals surface area contributed by atoms with Crippen molar-refractivity contribution in [1.82, 2.24) is 4.98 Å². The van der Waals surface area contributed by atoms with Gasteiger partial charge in [0.05, 0.1) is 27.0 Å². The van der Waals surface area contributed by atoms with Gasteiger partial charge in [0.1, 0.15) is 27.6 Å². The number of carbonyl (C=O) groups excluding carboxylic acids is 1. The molecular formula is C23H27ClFN5O2S. The van der Waals surface area contributed by atoms with Crippen molar-refractivity contribution in [2.24, 2.45) is 21.0 Å². The Morgan fingerprint density at radius 1 is 1.30 bits per heavy atom. The quantitative estimate of drug-likeness (QED) is 0.647. The number of rotatable bonds is 5. The maximum absolute atomic E-state index is 15.0. The lowest BCUT2D eigenvalue weighted by molar-refractivity contribution is 0.102. The standard InChI is InChI=1S/C23H27ClFN5O2S/c1-22(2)21(26)30-23(3,13-33(22,32)28-11-14-4-5-14)17-10-16(7-8-18(17)25)29-20(31)19-9-6-15(24)12-27-19/h6-10,12,14H,4-5,11,13H2,1-3H3,(H2,26,30)(H,29,31)/t23-,33?/m0/s1. The molecule has 176 valence electrons. The Morgan fingerprint density at radius 3 is 2.67 bits per heavy atom. The molecule has 1 amide bonds. The lowest BCUT2D eigenvalue weighted by Crippen LogP contribution is -2.55. The molecular weight excluding hydrogens is 465 g/mol. The van der Waals surface area contributed by atoms with Gasteiger partial charge in [-0.25, -0.2) is 17.9 Å². The highest BCUT2D eigenvalue weighted by Gasteiger charge is 2.48. The number of amides is 1. The van der Waals surface area contributed by atoms with Gasteiger partial charge in [-0.1, -0.05) is 11.6 Å². The molecule has 1 aromatic carbocycles. The number of hydrogen-bond donors (Lipinski definition) is 2. The van der Waals surface area contributed by atoms with Gasteiger partial charge in [-0.15, -0.1) is 0 Å². The van der Waals surface area contributed by atoms with Crippen LogP contribution in [0.25, 0.3) is 0 Å². The summed E-state index contributed by atoms with van der Waals surface area (Å²) in [7, 11) is -2.84. The van der Waals surface area contributed by atoms with Crippen LogP contribution in [0.15, 0.2) is 45.9 Å². The van der Waals surface area contributed by atoms with Crippen molar-refractivity contribution in [2.75, 3.05) is 17.6 Å². The number of carbonyl (C=O) groups is 1. The Morgan fingerprint density at radius 2 is 2.03 bits per heavy atom. The minimum atomic E-state index is -2.84. The summed E-state index contributed by atoms with van der Waals surface area (Å²) in [5.41, 5.74) is 5.79. The smallest absolute Gasteiger partial charge is 0.274 e. The third kappa shape index (κ3) is 4.61. The molecule has 10 heteroatoms. The number of aromatic nitrogens is 1. The summed E-state index contributed by atoms with van der Waals surface area (Å²) in [6.45, 7) is 5.76. The summed E-state index contributed by atoms with van der Waals surface area (Å²) in [6.07, 6.45) is 3.54. The maximum Gasteiger partial charge on any atom is 0.274 e. The number of nitrogens with two attached hydrogens (primary N) is 1. The zero-order valence-corrected chi connectivity index (χ0v) is 20.3. The van der Waals surface area contributed by atoms with Gasteiger partial charge >= 0.3 is 0 Å². The number of aliphatic imine (C=N–C) groups is 1. The fraction of sp³-hybridized carbons (Fsp3) is 0.435. The number of nitrogens with zero attached hydrogens (tertiary/aromatic N) is 3. The van der Waals surface area contributed by atoms with Gasteiger partial charge in [-0.05, 0) is 69.9 Å². The first-order valence-corrected chi connectivity index (χ1v) is 12.8. The van der Waals surface area contributed by atoms with E-state index in [1.807, 2.05) is 0 Å². The second-order valence-electron chi connectivity index (χ2n) is 9.33. The Hall–Kier alpha value is -2.52. The molecule has 1 fully saturated rings. The van der Waals surface area contributed by atoms with E-state index in [-0.39, 0.29) is 22.8 Å². The summed E-state index contributed by atoms with van der Waals surface area (Å²) >= 11 is 5.82. The number of pyridine rings is 1. The van der Waals surface area contributed by atoms with Gasteiger partial charge in [0.2, 0.25) is 0 Å². The third-order valence-electron chi connectivity index (χ3n) is 6.26. The van der Waals surface area contributed by atoms with Crippen LogP contribution in [0.1, 0.15) is 49.7 Å². The van der Waals surface area contributed by atoms with Gasteiger partial charge in [-0.3, -0.25) is 9.79 Å².